The number of hydrogen-bond donors (Lipinski definition) is 1. The van der Waals surface area contributed by atoms with E-state index in [-0.39, 0.29) is 0 Å². The predicted molar refractivity (Wildman–Crippen MR) is 68.1 cm³/mol. The summed E-state index contributed by atoms with van der Waals surface area (Å²) in [6.45, 7) is 8.93. The molecule has 0 spiro atoms. The van der Waals surface area contributed by atoms with Crippen molar-refractivity contribution < 1.29 is 0 Å². The van der Waals surface area contributed by atoms with Crippen LogP contribution in [0.1, 0.15) is 23.9 Å². The molecular weight excluding hydrogens is 212 g/mol. The third kappa shape index (κ3) is 2.11. The van der Waals surface area contributed by atoms with Crippen LogP contribution in [0.2, 0.25) is 0 Å². The van der Waals surface area contributed by atoms with Gasteiger partial charge in [0.2, 0.25) is 0 Å². The van der Waals surface area contributed by atoms with Crippen LogP contribution in [0.5, 0.6) is 0 Å². The van der Waals surface area contributed by atoms with Crippen LogP contribution in [-0.4, -0.2) is 30.7 Å². The van der Waals surface area contributed by atoms with Crippen molar-refractivity contribution >= 4 is 5.69 Å². The van der Waals surface area contributed by atoms with E-state index in [9.17, 15) is 5.26 Å². The highest BCUT2D eigenvalue weighted by molar-refractivity contribution is 5.62. The summed E-state index contributed by atoms with van der Waals surface area (Å²) in [5.74, 6) is 0. The van der Waals surface area contributed by atoms with Crippen molar-refractivity contribution in [3.63, 3.8) is 0 Å². The Kier molecular flexibility index (Phi) is 3.30. The molecule has 1 aromatic rings. The molecule has 1 aliphatic rings. The molecule has 0 aliphatic carbocycles. The monoisotopic (exact) mass is 230 g/mol. The molecule has 1 fully saturated rings. The number of pyridine rings is 1. The zero-order valence-electron chi connectivity index (χ0n) is 10.6. The maximum Gasteiger partial charge on any atom is 0.103 e. The summed E-state index contributed by atoms with van der Waals surface area (Å²) in [6.07, 6.45) is 0. The molecule has 90 valence electrons. The molecule has 1 N–H and O–H groups in total. The van der Waals surface area contributed by atoms with Gasteiger partial charge in [-0.3, -0.25) is 4.98 Å². The molecule has 0 aromatic carbocycles. The van der Waals surface area contributed by atoms with Crippen molar-refractivity contribution in [2.75, 3.05) is 24.5 Å². The van der Waals surface area contributed by atoms with Gasteiger partial charge in [0.25, 0.3) is 0 Å². The number of rotatable bonds is 3. The Morgan fingerprint density at radius 2 is 2.24 bits per heavy atom. The largest absolute Gasteiger partial charge is 0.365 e. The molecule has 0 bridgehead atoms. The quantitative estimate of drug-likeness (QED) is 0.852. The van der Waals surface area contributed by atoms with Crippen LogP contribution in [0.4, 0.5) is 5.69 Å². The number of likely N-dealkylation sites (N-methyl/N-ethyl adjacent to an activating group) is 1. The zero-order chi connectivity index (χ0) is 12.4. The summed E-state index contributed by atoms with van der Waals surface area (Å²) in [6, 6.07) is 4.81. The van der Waals surface area contributed by atoms with E-state index >= 15 is 0 Å². The molecule has 4 nitrogen and oxygen atoms in total. The first-order valence-corrected chi connectivity index (χ1v) is 6.03. The summed E-state index contributed by atoms with van der Waals surface area (Å²) >= 11 is 0. The highest BCUT2D eigenvalue weighted by atomic mass is 15.2. The van der Waals surface area contributed by atoms with Crippen LogP contribution in [0.3, 0.4) is 0 Å². The Morgan fingerprint density at radius 1 is 1.53 bits per heavy atom. The van der Waals surface area contributed by atoms with Gasteiger partial charge in [0.15, 0.2) is 0 Å². The molecule has 1 saturated heterocycles. The van der Waals surface area contributed by atoms with E-state index in [1.807, 2.05) is 19.9 Å². The molecule has 0 radical (unpaired) electrons. The number of nitriles is 1. The Hall–Kier alpha value is -1.60. The maximum absolute atomic E-state index is 9.27. The van der Waals surface area contributed by atoms with Crippen molar-refractivity contribution in [3.05, 3.63) is 23.0 Å². The fourth-order valence-corrected chi connectivity index (χ4v) is 2.29. The van der Waals surface area contributed by atoms with Crippen molar-refractivity contribution in [1.82, 2.24) is 10.3 Å². The van der Waals surface area contributed by atoms with E-state index in [0.717, 1.165) is 36.7 Å². The number of aryl methyl sites for hydroxylation is 2. The van der Waals surface area contributed by atoms with Crippen LogP contribution in [0, 0.1) is 25.2 Å². The van der Waals surface area contributed by atoms with Crippen LogP contribution in [-0.2, 0) is 0 Å². The molecular formula is C13H18N4. The molecule has 2 heterocycles. The fourth-order valence-electron chi connectivity index (χ4n) is 2.29. The standard InChI is InChI=1S/C13H18N4/c1-4-17(11-7-15-8-11)13-5-9(2)16-10(3)12(13)6-14/h5,11,15H,4,7-8H2,1-3H3. The number of anilines is 1. The van der Waals surface area contributed by atoms with Crippen LogP contribution in [0.25, 0.3) is 0 Å². The lowest BCUT2D eigenvalue weighted by atomic mass is 10.1. The molecule has 4 heteroatoms. The summed E-state index contributed by atoms with van der Waals surface area (Å²) in [5, 5.41) is 12.5. The Morgan fingerprint density at radius 3 is 2.71 bits per heavy atom. The van der Waals surface area contributed by atoms with Gasteiger partial charge >= 0.3 is 0 Å². The zero-order valence-corrected chi connectivity index (χ0v) is 10.6. The van der Waals surface area contributed by atoms with Crippen LogP contribution < -0.4 is 10.2 Å². The lowest BCUT2D eigenvalue weighted by Gasteiger charge is -2.39. The average Bonchev–Trinajstić information content (AvgIpc) is 2.22. The van der Waals surface area contributed by atoms with Crippen LogP contribution in [0.15, 0.2) is 6.07 Å². The van der Waals surface area contributed by atoms with Gasteiger partial charge in [-0.2, -0.15) is 5.26 Å². The van der Waals surface area contributed by atoms with E-state index in [4.69, 9.17) is 0 Å². The molecule has 0 unspecified atom stereocenters. The number of nitrogens with one attached hydrogen (secondary N) is 1. The smallest absolute Gasteiger partial charge is 0.103 e. The third-order valence-electron chi connectivity index (χ3n) is 3.27. The summed E-state index contributed by atoms with van der Waals surface area (Å²) < 4.78 is 0. The first-order chi connectivity index (χ1) is 8.17. The second kappa shape index (κ2) is 4.72. The Labute approximate surface area is 102 Å². The van der Waals surface area contributed by atoms with E-state index in [0.29, 0.717) is 11.6 Å². The van der Waals surface area contributed by atoms with E-state index in [1.54, 1.807) is 0 Å². The second-order valence-electron chi connectivity index (χ2n) is 4.45. The lowest BCUT2D eigenvalue weighted by Crippen LogP contribution is -2.57. The summed E-state index contributed by atoms with van der Waals surface area (Å²) in [5.41, 5.74) is 3.55. The first-order valence-electron chi connectivity index (χ1n) is 6.03. The minimum Gasteiger partial charge on any atom is -0.365 e. The SMILES string of the molecule is CCN(c1cc(C)nc(C)c1C#N)C1CNC1. The van der Waals surface area contributed by atoms with E-state index in [2.05, 4.69) is 28.2 Å². The van der Waals surface area contributed by atoms with E-state index < -0.39 is 0 Å². The van der Waals surface area contributed by atoms with Gasteiger partial charge in [-0.25, -0.2) is 0 Å². The van der Waals surface area contributed by atoms with Gasteiger partial charge in [-0.1, -0.05) is 0 Å². The second-order valence-corrected chi connectivity index (χ2v) is 4.45. The first kappa shape index (κ1) is 11.9. The predicted octanol–water partition coefficient (Wildman–Crippen LogP) is 1.37. The van der Waals surface area contributed by atoms with Gasteiger partial charge < -0.3 is 10.2 Å². The van der Waals surface area contributed by atoms with Gasteiger partial charge in [-0.05, 0) is 26.8 Å². The molecule has 0 amide bonds. The Balaban J connectivity index is 2.44. The Bertz CT molecular complexity index is 457. The van der Waals surface area contributed by atoms with Gasteiger partial charge in [0.05, 0.1) is 23.0 Å². The average molecular weight is 230 g/mol. The minimum absolute atomic E-state index is 0.508. The van der Waals surface area contributed by atoms with Crippen LogP contribution >= 0.6 is 0 Å². The van der Waals surface area contributed by atoms with Gasteiger partial charge in [0.1, 0.15) is 6.07 Å². The molecule has 1 aliphatic heterocycles. The molecule has 1 aromatic heterocycles. The fraction of sp³-hybridized carbons (Fsp3) is 0.538. The molecule has 0 saturated carbocycles. The van der Waals surface area contributed by atoms with Gasteiger partial charge in [0, 0.05) is 25.3 Å². The van der Waals surface area contributed by atoms with Crippen molar-refractivity contribution in [2.24, 2.45) is 0 Å². The summed E-state index contributed by atoms with van der Waals surface area (Å²) in [7, 11) is 0. The summed E-state index contributed by atoms with van der Waals surface area (Å²) in [4.78, 5) is 6.66. The highest BCUT2D eigenvalue weighted by Crippen LogP contribution is 2.25. The molecule has 17 heavy (non-hydrogen) atoms. The third-order valence-corrected chi connectivity index (χ3v) is 3.27. The normalized spacial score (nSPS) is 15.2. The number of nitrogens with zero attached hydrogens (tertiary/aromatic N) is 3. The lowest BCUT2D eigenvalue weighted by molar-refractivity contribution is 0.417. The van der Waals surface area contributed by atoms with Crippen molar-refractivity contribution in [2.45, 2.75) is 26.8 Å². The number of hydrogen-bond acceptors (Lipinski definition) is 4. The minimum atomic E-state index is 0.508. The van der Waals surface area contributed by atoms with Crippen molar-refractivity contribution in [3.8, 4) is 6.07 Å². The number of aromatic nitrogens is 1. The van der Waals surface area contributed by atoms with Gasteiger partial charge in [-0.15, -0.1) is 0 Å². The molecule has 2 rings (SSSR count). The van der Waals surface area contributed by atoms with Crippen molar-refractivity contribution in [1.29, 1.82) is 5.26 Å². The highest BCUT2D eigenvalue weighted by Gasteiger charge is 2.26. The maximum atomic E-state index is 9.27. The topological polar surface area (TPSA) is 52.0 Å². The van der Waals surface area contributed by atoms with E-state index in [1.165, 1.54) is 0 Å². The molecule has 0 atom stereocenters.